The van der Waals surface area contributed by atoms with Crippen molar-refractivity contribution in [2.24, 2.45) is 0 Å². The molecule has 118 valence electrons. The van der Waals surface area contributed by atoms with E-state index in [4.69, 9.17) is 4.74 Å². The van der Waals surface area contributed by atoms with Gasteiger partial charge in [-0.1, -0.05) is 0 Å². The third-order valence-corrected chi connectivity index (χ3v) is 4.37. The molecule has 0 amide bonds. The first-order valence-electron chi connectivity index (χ1n) is 8.15. The summed E-state index contributed by atoms with van der Waals surface area (Å²) in [5.74, 6) is 0. The number of likely N-dealkylation sites (tertiary alicyclic amines) is 1. The molecule has 2 saturated heterocycles. The molecule has 1 unspecified atom stereocenters. The highest BCUT2D eigenvalue weighted by Crippen LogP contribution is 2.16. The van der Waals surface area contributed by atoms with E-state index in [0.717, 1.165) is 45.4 Å². The second-order valence-electron chi connectivity index (χ2n) is 6.30. The first-order valence-corrected chi connectivity index (χ1v) is 8.15. The molecular weight excluding hydrogens is 252 g/mol. The molecule has 0 bridgehead atoms. The summed E-state index contributed by atoms with van der Waals surface area (Å²) in [6.07, 6.45) is 2.57. The summed E-state index contributed by atoms with van der Waals surface area (Å²) < 4.78 is 5.44. The zero-order chi connectivity index (χ0) is 14.2. The Balaban J connectivity index is 1.50. The predicted molar refractivity (Wildman–Crippen MR) is 83.3 cm³/mol. The third-order valence-electron chi connectivity index (χ3n) is 4.37. The lowest BCUT2D eigenvalue weighted by atomic mass is 10.2. The van der Waals surface area contributed by atoms with Crippen LogP contribution < -0.4 is 5.32 Å². The molecule has 0 radical (unpaired) electrons. The van der Waals surface area contributed by atoms with Gasteiger partial charge in [0.25, 0.3) is 0 Å². The van der Waals surface area contributed by atoms with Gasteiger partial charge >= 0.3 is 0 Å². The first kappa shape index (κ1) is 16.2. The molecule has 2 rings (SSSR count). The van der Waals surface area contributed by atoms with Crippen molar-refractivity contribution < 1.29 is 4.74 Å². The van der Waals surface area contributed by atoms with E-state index in [1.54, 1.807) is 0 Å². The minimum absolute atomic E-state index is 0.771. The Labute approximate surface area is 124 Å². The van der Waals surface area contributed by atoms with Crippen LogP contribution in [0.15, 0.2) is 0 Å². The average molecular weight is 284 g/mol. The zero-order valence-corrected chi connectivity index (χ0v) is 13.3. The Hall–Kier alpha value is -0.200. The molecule has 0 aromatic carbocycles. The fourth-order valence-electron chi connectivity index (χ4n) is 3.14. The van der Waals surface area contributed by atoms with Crippen LogP contribution in [0, 0.1) is 0 Å². The number of morpholine rings is 1. The maximum atomic E-state index is 5.44. The summed E-state index contributed by atoms with van der Waals surface area (Å²) in [6.45, 7) is 11.2. The molecule has 1 N–H and O–H groups in total. The van der Waals surface area contributed by atoms with Gasteiger partial charge in [0.15, 0.2) is 0 Å². The molecule has 5 heteroatoms. The second-order valence-corrected chi connectivity index (χ2v) is 6.30. The smallest absolute Gasteiger partial charge is 0.0594 e. The summed E-state index contributed by atoms with van der Waals surface area (Å²) >= 11 is 0. The van der Waals surface area contributed by atoms with Gasteiger partial charge in [-0.05, 0) is 46.6 Å². The maximum Gasteiger partial charge on any atom is 0.0594 e. The average Bonchev–Trinajstić information content (AvgIpc) is 2.92. The number of nitrogens with one attached hydrogen (secondary N) is 1. The summed E-state index contributed by atoms with van der Waals surface area (Å²) in [5, 5.41) is 3.56. The van der Waals surface area contributed by atoms with E-state index in [2.05, 4.69) is 34.1 Å². The summed E-state index contributed by atoms with van der Waals surface area (Å²) in [5.41, 5.74) is 0. The van der Waals surface area contributed by atoms with E-state index < -0.39 is 0 Å². The van der Waals surface area contributed by atoms with E-state index in [-0.39, 0.29) is 0 Å². The van der Waals surface area contributed by atoms with Crippen molar-refractivity contribution in [3.63, 3.8) is 0 Å². The van der Waals surface area contributed by atoms with Crippen LogP contribution in [0.4, 0.5) is 0 Å². The van der Waals surface area contributed by atoms with Gasteiger partial charge in [0.05, 0.1) is 13.2 Å². The molecule has 0 aromatic heterocycles. The quantitative estimate of drug-likeness (QED) is 0.631. The van der Waals surface area contributed by atoms with Crippen molar-refractivity contribution in [1.82, 2.24) is 20.0 Å². The van der Waals surface area contributed by atoms with Gasteiger partial charge in [0.1, 0.15) is 0 Å². The van der Waals surface area contributed by atoms with E-state index >= 15 is 0 Å². The Kier molecular flexibility index (Phi) is 7.24. The SMILES string of the molecule is CN(C)CCCNCCN1CCC(N2CCOCC2)C1. The van der Waals surface area contributed by atoms with Crippen molar-refractivity contribution in [1.29, 1.82) is 0 Å². The largest absolute Gasteiger partial charge is 0.379 e. The van der Waals surface area contributed by atoms with Gasteiger partial charge in [-0.15, -0.1) is 0 Å². The van der Waals surface area contributed by atoms with Gasteiger partial charge in [-0.3, -0.25) is 4.90 Å². The number of rotatable bonds is 8. The standard InChI is InChI=1S/C15H32N4O/c1-17(2)7-3-5-16-6-9-18-8-4-15(14-18)19-10-12-20-13-11-19/h15-16H,3-14H2,1-2H3. The Bertz CT molecular complexity index is 256. The van der Waals surface area contributed by atoms with Crippen LogP contribution in [0.1, 0.15) is 12.8 Å². The number of ether oxygens (including phenoxy) is 1. The van der Waals surface area contributed by atoms with Crippen molar-refractivity contribution >= 4 is 0 Å². The molecule has 1 atom stereocenters. The molecule has 2 heterocycles. The van der Waals surface area contributed by atoms with E-state index in [9.17, 15) is 0 Å². The van der Waals surface area contributed by atoms with Gasteiger partial charge in [-0.2, -0.15) is 0 Å². The molecule has 0 saturated carbocycles. The minimum atomic E-state index is 0.771. The van der Waals surface area contributed by atoms with Crippen molar-refractivity contribution in [2.75, 3.05) is 79.7 Å². The second kappa shape index (κ2) is 8.95. The van der Waals surface area contributed by atoms with Gasteiger partial charge in [0, 0.05) is 38.8 Å². The fraction of sp³-hybridized carbons (Fsp3) is 1.00. The monoisotopic (exact) mass is 284 g/mol. The van der Waals surface area contributed by atoms with Gasteiger partial charge < -0.3 is 19.9 Å². The van der Waals surface area contributed by atoms with Crippen LogP contribution in [-0.4, -0.2) is 100 Å². The molecule has 20 heavy (non-hydrogen) atoms. The number of nitrogens with zero attached hydrogens (tertiary/aromatic N) is 3. The minimum Gasteiger partial charge on any atom is -0.379 e. The van der Waals surface area contributed by atoms with Crippen LogP contribution >= 0.6 is 0 Å². The summed E-state index contributed by atoms with van der Waals surface area (Å²) in [6, 6.07) is 0.771. The van der Waals surface area contributed by atoms with E-state index in [0.29, 0.717) is 0 Å². The predicted octanol–water partition coefficient (Wildman–Crippen LogP) is -0.0658. The Morgan fingerprint density at radius 2 is 1.95 bits per heavy atom. The topological polar surface area (TPSA) is 31.0 Å². The lowest BCUT2D eigenvalue weighted by molar-refractivity contribution is 0.0185. The maximum absolute atomic E-state index is 5.44. The highest BCUT2D eigenvalue weighted by atomic mass is 16.5. The highest BCUT2D eigenvalue weighted by molar-refractivity contribution is 4.84. The lowest BCUT2D eigenvalue weighted by Gasteiger charge is -2.32. The van der Waals surface area contributed by atoms with Crippen LogP contribution in [-0.2, 0) is 4.74 Å². The summed E-state index contributed by atoms with van der Waals surface area (Å²) in [4.78, 5) is 7.47. The molecule has 2 fully saturated rings. The van der Waals surface area contributed by atoms with Crippen LogP contribution in [0.5, 0.6) is 0 Å². The molecule has 5 nitrogen and oxygen atoms in total. The molecular formula is C15H32N4O. The van der Waals surface area contributed by atoms with E-state index in [1.165, 1.54) is 39.0 Å². The summed E-state index contributed by atoms with van der Waals surface area (Å²) in [7, 11) is 4.27. The van der Waals surface area contributed by atoms with Gasteiger partial charge in [-0.25, -0.2) is 0 Å². The normalized spacial score (nSPS) is 25.6. The van der Waals surface area contributed by atoms with Gasteiger partial charge in [0.2, 0.25) is 0 Å². The molecule has 0 aromatic rings. The number of hydrogen-bond acceptors (Lipinski definition) is 5. The molecule has 0 spiro atoms. The Morgan fingerprint density at radius 1 is 1.15 bits per heavy atom. The molecule has 2 aliphatic heterocycles. The van der Waals surface area contributed by atoms with Crippen LogP contribution in [0.25, 0.3) is 0 Å². The first-order chi connectivity index (χ1) is 9.75. The zero-order valence-electron chi connectivity index (χ0n) is 13.3. The molecule has 2 aliphatic rings. The van der Waals surface area contributed by atoms with Crippen LogP contribution in [0.3, 0.4) is 0 Å². The Morgan fingerprint density at radius 3 is 2.70 bits per heavy atom. The third kappa shape index (κ3) is 5.66. The van der Waals surface area contributed by atoms with Crippen molar-refractivity contribution in [3.05, 3.63) is 0 Å². The van der Waals surface area contributed by atoms with Crippen LogP contribution in [0.2, 0.25) is 0 Å². The molecule has 0 aliphatic carbocycles. The number of hydrogen-bond donors (Lipinski definition) is 1. The van der Waals surface area contributed by atoms with Crippen molar-refractivity contribution in [3.8, 4) is 0 Å². The lowest BCUT2D eigenvalue weighted by Crippen LogP contribution is -2.45. The van der Waals surface area contributed by atoms with Crippen molar-refractivity contribution in [2.45, 2.75) is 18.9 Å². The van der Waals surface area contributed by atoms with E-state index in [1.807, 2.05) is 0 Å². The highest BCUT2D eigenvalue weighted by Gasteiger charge is 2.28. The fourth-order valence-corrected chi connectivity index (χ4v) is 3.14.